The fraction of sp³-hybridized carbons (Fsp3) is 0.632. The predicted molar refractivity (Wildman–Crippen MR) is 93.3 cm³/mol. The lowest BCUT2D eigenvalue weighted by atomic mass is 9.88. The van der Waals surface area contributed by atoms with E-state index in [1.165, 1.54) is 0 Å². The second-order valence-corrected chi connectivity index (χ2v) is 6.97. The number of carbonyl (C=O) groups excluding carboxylic acids is 1. The molecule has 0 unspecified atom stereocenters. The molecule has 5 heteroatoms. The van der Waals surface area contributed by atoms with E-state index in [9.17, 15) is 9.90 Å². The van der Waals surface area contributed by atoms with Crippen LogP contribution in [0, 0.1) is 12.8 Å². The quantitative estimate of drug-likeness (QED) is 0.923. The van der Waals surface area contributed by atoms with Gasteiger partial charge < -0.3 is 14.7 Å². The van der Waals surface area contributed by atoms with Crippen molar-refractivity contribution in [3.05, 3.63) is 29.3 Å². The first-order chi connectivity index (χ1) is 11.6. The van der Waals surface area contributed by atoms with Gasteiger partial charge in [-0.2, -0.15) is 0 Å². The van der Waals surface area contributed by atoms with Crippen molar-refractivity contribution in [3.63, 3.8) is 0 Å². The number of benzene rings is 1. The normalized spacial score (nSPS) is 21.7. The van der Waals surface area contributed by atoms with Gasteiger partial charge in [-0.25, -0.2) is 0 Å². The number of morpholine rings is 1. The van der Waals surface area contributed by atoms with Crippen LogP contribution in [0.15, 0.2) is 18.2 Å². The summed E-state index contributed by atoms with van der Waals surface area (Å²) < 4.78 is 5.44. The number of carbonyl (C=O) groups is 1. The molecule has 2 saturated heterocycles. The molecule has 2 aliphatic heterocycles. The van der Waals surface area contributed by atoms with Crippen molar-refractivity contribution >= 4 is 5.91 Å². The van der Waals surface area contributed by atoms with Crippen LogP contribution in [0.4, 0.5) is 0 Å². The maximum Gasteiger partial charge on any atom is 0.254 e. The van der Waals surface area contributed by atoms with Crippen LogP contribution in [0.5, 0.6) is 5.75 Å². The predicted octanol–water partition coefficient (Wildman–Crippen LogP) is 2.27. The maximum absolute atomic E-state index is 12.7. The summed E-state index contributed by atoms with van der Waals surface area (Å²) in [6.07, 6.45) is 2.09. The number of phenols is 1. The minimum absolute atomic E-state index is 0.0425. The molecule has 0 bridgehead atoms. The monoisotopic (exact) mass is 332 g/mol. The molecule has 2 heterocycles. The first-order valence-corrected chi connectivity index (χ1v) is 8.97. The highest BCUT2D eigenvalue weighted by Crippen LogP contribution is 2.27. The van der Waals surface area contributed by atoms with Crippen molar-refractivity contribution in [2.45, 2.75) is 32.7 Å². The van der Waals surface area contributed by atoms with Gasteiger partial charge in [-0.1, -0.05) is 6.07 Å². The van der Waals surface area contributed by atoms with E-state index in [2.05, 4.69) is 11.8 Å². The molecule has 0 saturated carbocycles. The summed E-state index contributed by atoms with van der Waals surface area (Å²) in [5.41, 5.74) is 1.29. The van der Waals surface area contributed by atoms with E-state index in [1.807, 2.05) is 4.90 Å². The molecule has 1 amide bonds. The van der Waals surface area contributed by atoms with Gasteiger partial charge in [0.25, 0.3) is 5.91 Å². The van der Waals surface area contributed by atoms with Crippen molar-refractivity contribution in [2.75, 3.05) is 39.4 Å². The summed E-state index contributed by atoms with van der Waals surface area (Å²) in [6, 6.07) is 5.72. The molecule has 1 atom stereocenters. The van der Waals surface area contributed by atoms with Crippen LogP contribution in [0.25, 0.3) is 0 Å². The molecule has 1 N–H and O–H groups in total. The van der Waals surface area contributed by atoms with Crippen LogP contribution in [-0.2, 0) is 4.74 Å². The van der Waals surface area contributed by atoms with Crippen LogP contribution >= 0.6 is 0 Å². The van der Waals surface area contributed by atoms with Crippen LogP contribution in [0.3, 0.4) is 0 Å². The number of ether oxygens (including phenoxy) is 1. The molecular weight excluding hydrogens is 304 g/mol. The third kappa shape index (κ3) is 3.57. The van der Waals surface area contributed by atoms with Gasteiger partial charge in [0.1, 0.15) is 5.75 Å². The minimum Gasteiger partial charge on any atom is -0.508 e. The Bertz CT molecular complexity index is 576. The van der Waals surface area contributed by atoms with Crippen molar-refractivity contribution in [1.29, 1.82) is 0 Å². The third-order valence-corrected chi connectivity index (χ3v) is 5.67. The number of likely N-dealkylation sites (tertiary alicyclic amines) is 1. The van der Waals surface area contributed by atoms with Gasteiger partial charge in [0.05, 0.1) is 13.2 Å². The van der Waals surface area contributed by atoms with Crippen molar-refractivity contribution in [1.82, 2.24) is 9.80 Å². The molecule has 0 radical (unpaired) electrons. The van der Waals surface area contributed by atoms with E-state index in [-0.39, 0.29) is 11.7 Å². The minimum atomic E-state index is 0.0425. The highest BCUT2D eigenvalue weighted by molar-refractivity contribution is 5.96. The molecule has 1 aromatic rings. The van der Waals surface area contributed by atoms with Crippen LogP contribution in [-0.4, -0.2) is 66.2 Å². The number of rotatable bonds is 3. The zero-order valence-electron chi connectivity index (χ0n) is 14.7. The molecule has 0 aliphatic carbocycles. The number of amides is 1. The van der Waals surface area contributed by atoms with Gasteiger partial charge in [-0.05, 0) is 44.7 Å². The van der Waals surface area contributed by atoms with Gasteiger partial charge in [-0.15, -0.1) is 0 Å². The Morgan fingerprint density at radius 3 is 2.54 bits per heavy atom. The Hall–Kier alpha value is -1.59. The van der Waals surface area contributed by atoms with Gasteiger partial charge >= 0.3 is 0 Å². The van der Waals surface area contributed by atoms with E-state index in [0.29, 0.717) is 23.1 Å². The molecule has 5 nitrogen and oxygen atoms in total. The van der Waals surface area contributed by atoms with E-state index in [0.717, 1.165) is 52.2 Å². The molecule has 2 aliphatic rings. The number of nitrogens with zero attached hydrogens (tertiary/aromatic N) is 2. The number of hydrogen-bond donors (Lipinski definition) is 1. The molecule has 24 heavy (non-hydrogen) atoms. The average molecular weight is 332 g/mol. The first-order valence-electron chi connectivity index (χ1n) is 8.97. The third-order valence-electron chi connectivity index (χ3n) is 5.67. The van der Waals surface area contributed by atoms with Crippen LogP contribution in [0.2, 0.25) is 0 Å². The Kier molecular flexibility index (Phi) is 5.41. The maximum atomic E-state index is 12.7. The molecule has 3 rings (SSSR count). The summed E-state index contributed by atoms with van der Waals surface area (Å²) in [5, 5.41) is 9.82. The van der Waals surface area contributed by atoms with E-state index >= 15 is 0 Å². The Balaban J connectivity index is 1.58. The summed E-state index contributed by atoms with van der Waals surface area (Å²) in [6.45, 7) is 9.41. The second-order valence-electron chi connectivity index (χ2n) is 6.97. The van der Waals surface area contributed by atoms with Crippen LogP contribution < -0.4 is 0 Å². The topological polar surface area (TPSA) is 53.0 Å². The number of hydrogen-bond acceptors (Lipinski definition) is 4. The summed E-state index contributed by atoms with van der Waals surface area (Å²) in [5.74, 6) is 0.870. The number of aromatic hydroxyl groups is 1. The van der Waals surface area contributed by atoms with Crippen molar-refractivity contribution < 1.29 is 14.6 Å². The molecule has 2 fully saturated rings. The SMILES string of the molecule is Cc1c(O)cccc1C(=O)N1CCC([C@@H](C)N2CCOCC2)CC1. The zero-order valence-corrected chi connectivity index (χ0v) is 14.7. The van der Waals surface area contributed by atoms with Crippen molar-refractivity contribution in [2.24, 2.45) is 5.92 Å². The Labute approximate surface area is 144 Å². The molecule has 1 aromatic carbocycles. The standard InChI is InChI=1S/C19H28N2O3/c1-14-17(4-3-5-18(14)22)19(23)21-8-6-16(7-9-21)15(2)20-10-12-24-13-11-20/h3-5,15-16,22H,6-13H2,1-2H3/t15-/m1/s1. The number of phenolic OH excluding ortho intramolecular Hbond substituents is 1. The van der Waals surface area contributed by atoms with E-state index in [4.69, 9.17) is 4.74 Å². The molecule has 132 valence electrons. The lowest BCUT2D eigenvalue weighted by molar-refractivity contribution is -0.000957. The van der Waals surface area contributed by atoms with Gasteiger partial charge in [0, 0.05) is 43.3 Å². The lowest BCUT2D eigenvalue weighted by Crippen LogP contribution is -2.49. The largest absolute Gasteiger partial charge is 0.508 e. The van der Waals surface area contributed by atoms with Gasteiger partial charge in [-0.3, -0.25) is 9.69 Å². The van der Waals surface area contributed by atoms with Gasteiger partial charge in [0.15, 0.2) is 0 Å². The molecule has 0 aromatic heterocycles. The molecular formula is C19H28N2O3. The lowest BCUT2D eigenvalue weighted by Gasteiger charge is -2.41. The van der Waals surface area contributed by atoms with Crippen LogP contribution in [0.1, 0.15) is 35.7 Å². The fourth-order valence-corrected chi connectivity index (χ4v) is 3.89. The van der Waals surface area contributed by atoms with E-state index < -0.39 is 0 Å². The highest BCUT2D eigenvalue weighted by Gasteiger charge is 2.30. The summed E-state index contributed by atoms with van der Waals surface area (Å²) >= 11 is 0. The summed E-state index contributed by atoms with van der Waals surface area (Å²) in [7, 11) is 0. The first kappa shape index (κ1) is 17.2. The van der Waals surface area contributed by atoms with Gasteiger partial charge in [0.2, 0.25) is 0 Å². The fourth-order valence-electron chi connectivity index (χ4n) is 3.89. The van der Waals surface area contributed by atoms with Crippen molar-refractivity contribution in [3.8, 4) is 5.75 Å². The summed E-state index contributed by atoms with van der Waals surface area (Å²) in [4.78, 5) is 17.2. The molecule has 0 spiro atoms. The smallest absolute Gasteiger partial charge is 0.254 e. The zero-order chi connectivity index (χ0) is 17.1. The highest BCUT2D eigenvalue weighted by atomic mass is 16.5. The second kappa shape index (κ2) is 7.53. The Morgan fingerprint density at radius 2 is 1.88 bits per heavy atom. The van der Waals surface area contributed by atoms with E-state index in [1.54, 1.807) is 25.1 Å². The number of piperidine rings is 1. The Morgan fingerprint density at radius 1 is 1.21 bits per heavy atom. The average Bonchev–Trinajstić information content (AvgIpc) is 2.64.